The van der Waals surface area contributed by atoms with Gasteiger partial charge in [-0.3, -0.25) is 9.36 Å². The highest BCUT2D eigenvalue weighted by Gasteiger charge is 2.30. The van der Waals surface area contributed by atoms with E-state index in [9.17, 15) is 9.59 Å². The van der Waals surface area contributed by atoms with Gasteiger partial charge in [-0.15, -0.1) is 0 Å². The predicted molar refractivity (Wildman–Crippen MR) is 133 cm³/mol. The summed E-state index contributed by atoms with van der Waals surface area (Å²) in [6.45, 7) is 3.79. The minimum atomic E-state index is -0.597. The smallest absolute Gasteiger partial charge is 0.338 e. The molecule has 0 bridgehead atoms. The summed E-state index contributed by atoms with van der Waals surface area (Å²) in [6.07, 6.45) is 9.37. The molecule has 0 radical (unpaired) electrons. The molecule has 0 N–H and O–H groups in total. The highest BCUT2D eigenvalue weighted by Crippen LogP contribution is 2.26. The van der Waals surface area contributed by atoms with Crippen LogP contribution in [-0.2, 0) is 9.53 Å². The van der Waals surface area contributed by atoms with Gasteiger partial charge in [-0.25, -0.2) is 9.79 Å². The molecular formula is C27H24N2O3S. The number of rotatable bonds is 6. The topological polar surface area (TPSA) is 60.7 Å². The first-order valence-electron chi connectivity index (χ1n) is 10.7. The van der Waals surface area contributed by atoms with E-state index >= 15 is 0 Å². The van der Waals surface area contributed by atoms with Crippen LogP contribution in [0.4, 0.5) is 0 Å². The van der Waals surface area contributed by atoms with Crippen molar-refractivity contribution in [2.45, 2.75) is 19.9 Å². The number of allylic oxidation sites excluding steroid dienone is 3. The molecule has 0 saturated carbocycles. The molecule has 2 aromatic carbocycles. The van der Waals surface area contributed by atoms with Gasteiger partial charge in [-0.05, 0) is 31.1 Å². The summed E-state index contributed by atoms with van der Waals surface area (Å²) in [5.74, 6) is -0.459. The van der Waals surface area contributed by atoms with E-state index in [1.807, 2.05) is 85.0 Å². The van der Waals surface area contributed by atoms with Crippen LogP contribution in [0, 0.1) is 0 Å². The summed E-state index contributed by atoms with van der Waals surface area (Å²) in [4.78, 5) is 31.3. The summed E-state index contributed by atoms with van der Waals surface area (Å²) in [7, 11) is 0. The number of fused-ring (bicyclic) bond motifs is 1. The van der Waals surface area contributed by atoms with Crippen LogP contribution in [0.15, 0.2) is 93.9 Å². The molecule has 1 aliphatic rings. The molecule has 33 heavy (non-hydrogen) atoms. The predicted octanol–water partition coefficient (Wildman–Crippen LogP) is 4.13. The highest BCUT2D eigenvalue weighted by atomic mass is 32.1. The SMILES string of the molecule is CCOC(=O)C1=C(C)N=c2s/c(=C\C=C\c3ccccc3)c(=O)n2C1/C=C/c1ccccc1. The third kappa shape index (κ3) is 5.02. The fraction of sp³-hybridized carbons (Fsp3) is 0.148. The lowest BCUT2D eigenvalue weighted by Crippen LogP contribution is -2.38. The van der Waals surface area contributed by atoms with Gasteiger partial charge in [0, 0.05) is 0 Å². The lowest BCUT2D eigenvalue weighted by Gasteiger charge is -2.21. The van der Waals surface area contributed by atoms with Gasteiger partial charge in [0.15, 0.2) is 4.80 Å². The number of carbonyl (C=O) groups is 1. The Kier molecular flexibility index (Phi) is 6.95. The molecule has 0 spiro atoms. The van der Waals surface area contributed by atoms with Crippen molar-refractivity contribution in [2.75, 3.05) is 6.61 Å². The second-order valence-corrected chi connectivity index (χ2v) is 8.42. The van der Waals surface area contributed by atoms with Gasteiger partial charge in [0.1, 0.15) is 0 Å². The van der Waals surface area contributed by atoms with Gasteiger partial charge in [0.2, 0.25) is 0 Å². The Labute approximate surface area is 196 Å². The second-order valence-electron chi connectivity index (χ2n) is 7.41. The van der Waals surface area contributed by atoms with Gasteiger partial charge in [0.25, 0.3) is 5.56 Å². The molecule has 1 atom stereocenters. The summed E-state index contributed by atoms with van der Waals surface area (Å²) in [5, 5.41) is 0. The van der Waals surface area contributed by atoms with Crippen LogP contribution in [-0.4, -0.2) is 17.1 Å². The van der Waals surface area contributed by atoms with Crippen LogP contribution in [0.2, 0.25) is 0 Å². The van der Waals surface area contributed by atoms with Crippen LogP contribution in [0.3, 0.4) is 0 Å². The molecule has 0 fully saturated rings. The number of hydrogen-bond acceptors (Lipinski definition) is 5. The van der Waals surface area contributed by atoms with E-state index in [0.717, 1.165) is 11.1 Å². The van der Waals surface area contributed by atoms with Crippen molar-refractivity contribution in [2.24, 2.45) is 4.99 Å². The van der Waals surface area contributed by atoms with E-state index in [0.29, 0.717) is 20.6 Å². The maximum absolute atomic E-state index is 13.4. The third-order valence-electron chi connectivity index (χ3n) is 5.17. The minimum Gasteiger partial charge on any atom is -0.463 e. The van der Waals surface area contributed by atoms with Crippen LogP contribution in [0.1, 0.15) is 31.0 Å². The molecule has 0 aliphatic carbocycles. The number of carbonyl (C=O) groups excluding carboxylic acids is 1. The standard InChI is InChI=1S/C27H24N2O3S/c1-3-32-26(31)24-19(2)28-27-29(22(24)18-17-21-13-8-5-9-14-21)25(30)23(33-27)16-10-15-20-11-6-4-7-12-20/h4-18,22H,3H2,1-2H3/b15-10+,18-17+,23-16-. The summed E-state index contributed by atoms with van der Waals surface area (Å²) in [5.41, 5.74) is 2.77. The summed E-state index contributed by atoms with van der Waals surface area (Å²) in [6, 6.07) is 19.0. The molecule has 3 aromatic rings. The van der Waals surface area contributed by atoms with E-state index in [4.69, 9.17) is 4.74 Å². The first kappa shape index (κ1) is 22.4. The maximum Gasteiger partial charge on any atom is 0.338 e. The fourth-order valence-corrected chi connectivity index (χ4v) is 4.61. The number of ether oxygens (including phenoxy) is 1. The Morgan fingerprint density at radius 1 is 1.06 bits per heavy atom. The zero-order chi connectivity index (χ0) is 23.2. The van der Waals surface area contributed by atoms with E-state index in [1.165, 1.54) is 11.3 Å². The number of aromatic nitrogens is 1. The van der Waals surface area contributed by atoms with Gasteiger partial charge < -0.3 is 4.74 Å². The number of hydrogen-bond donors (Lipinski definition) is 0. The van der Waals surface area contributed by atoms with Gasteiger partial charge in [-0.2, -0.15) is 0 Å². The lowest BCUT2D eigenvalue weighted by molar-refractivity contribution is -0.139. The summed E-state index contributed by atoms with van der Waals surface area (Å²) >= 11 is 1.31. The number of nitrogens with zero attached hydrogens (tertiary/aromatic N) is 2. The monoisotopic (exact) mass is 456 g/mol. The van der Waals surface area contributed by atoms with Gasteiger partial charge in [-0.1, -0.05) is 96.3 Å². The van der Waals surface area contributed by atoms with Crippen molar-refractivity contribution in [3.05, 3.63) is 115 Å². The van der Waals surface area contributed by atoms with Gasteiger partial charge >= 0.3 is 5.97 Å². The molecule has 1 unspecified atom stereocenters. The van der Waals surface area contributed by atoms with Crippen molar-refractivity contribution in [1.29, 1.82) is 0 Å². The first-order chi connectivity index (χ1) is 16.1. The number of benzene rings is 2. The Bertz CT molecular complexity index is 1410. The quantitative estimate of drug-likeness (QED) is 0.524. The summed E-state index contributed by atoms with van der Waals surface area (Å²) < 4.78 is 7.42. The normalized spacial score (nSPS) is 16.3. The molecular weight excluding hydrogens is 432 g/mol. The minimum absolute atomic E-state index is 0.187. The van der Waals surface area contributed by atoms with E-state index in [1.54, 1.807) is 24.5 Å². The third-order valence-corrected chi connectivity index (χ3v) is 6.17. The van der Waals surface area contributed by atoms with Crippen molar-refractivity contribution >= 4 is 35.5 Å². The fourth-order valence-electron chi connectivity index (χ4n) is 3.61. The molecule has 2 heterocycles. The molecule has 6 heteroatoms. The molecule has 5 nitrogen and oxygen atoms in total. The average molecular weight is 457 g/mol. The number of esters is 1. The second kappa shape index (κ2) is 10.2. The van der Waals surface area contributed by atoms with Crippen LogP contribution in [0.5, 0.6) is 0 Å². The number of thiazole rings is 1. The van der Waals surface area contributed by atoms with Crippen LogP contribution < -0.4 is 14.9 Å². The first-order valence-corrected chi connectivity index (χ1v) is 11.5. The molecule has 1 aliphatic heterocycles. The lowest BCUT2D eigenvalue weighted by atomic mass is 10.0. The van der Waals surface area contributed by atoms with Crippen molar-refractivity contribution in [1.82, 2.24) is 4.57 Å². The van der Waals surface area contributed by atoms with Crippen molar-refractivity contribution in [3.63, 3.8) is 0 Å². The molecule has 166 valence electrons. The molecule has 1 aromatic heterocycles. The van der Waals surface area contributed by atoms with Crippen LogP contribution >= 0.6 is 11.3 Å². The van der Waals surface area contributed by atoms with Crippen molar-refractivity contribution in [3.8, 4) is 0 Å². The molecule has 4 rings (SSSR count). The molecule has 0 amide bonds. The van der Waals surface area contributed by atoms with E-state index < -0.39 is 12.0 Å². The Balaban J connectivity index is 1.79. The Morgan fingerprint density at radius 2 is 1.70 bits per heavy atom. The molecule has 0 saturated heterocycles. The van der Waals surface area contributed by atoms with E-state index in [2.05, 4.69) is 4.99 Å². The zero-order valence-corrected chi connectivity index (χ0v) is 19.3. The zero-order valence-electron chi connectivity index (χ0n) is 18.5. The van der Waals surface area contributed by atoms with Crippen molar-refractivity contribution < 1.29 is 9.53 Å². The highest BCUT2D eigenvalue weighted by molar-refractivity contribution is 7.07. The van der Waals surface area contributed by atoms with Gasteiger partial charge in [0.05, 0.1) is 28.5 Å². The maximum atomic E-state index is 13.4. The van der Waals surface area contributed by atoms with Crippen LogP contribution in [0.25, 0.3) is 18.2 Å². The largest absolute Gasteiger partial charge is 0.463 e. The van der Waals surface area contributed by atoms with E-state index in [-0.39, 0.29) is 12.2 Å². The Hall–Kier alpha value is -3.77. The Morgan fingerprint density at radius 3 is 2.33 bits per heavy atom. The average Bonchev–Trinajstić information content (AvgIpc) is 3.13.